The highest BCUT2D eigenvalue weighted by Crippen LogP contribution is 2.41. The molecule has 0 saturated heterocycles. The van der Waals surface area contributed by atoms with Crippen LogP contribution in [0.5, 0.6) is 23.0 Å². The maximum Gasteiger partial charge on any atom is 0.343 e. The lowest BCUT2D eigenvalue weighted by molar-refractivity contribution is 0.294. The lowest BCUT2D eigenvalue weighted by atomic mass is 9.83. The maximum absolute atomic E-state index is 12.7. The van der Waals surface area contributed by atoms with Gasteiger partial charge >= 0.3 is 5.63 Å². The molecule has 1 aromatic heterocycles. The van der Waals surface area contributed by atoms with Crippen LogP contribution in [-0.2, 0) is 6.61 Å². The normalized spacial score (nSPS) is 14.7. The monoisotopic (exact) mass is 446 g/mol. The van der Waals surface area contributed by atoms with Crippen LogP contribution in [0.3, 0.4) is 0 Å². The Morgan fingerprint density at radius 1 is 1.09 bits per heavy atom. The first kappa shape index (κ1) is 21.8. The zero-order chi connectivity index (χ0) is 23.5. The van der Waals surface area contributed by atoms with Gasteiger partial charge in [-0.1, -0.05) is 12.1 Å². The van der Waals surface area contributed by atoms with Gasteiger partial charge in [0.15, 0.2) is 0 Å². The van der Waals surface area contributed by atoms with E-state index < -0.39 is 11.5 Å². The maximum atomic E-state index is 12.7. The van der Waals surface area contributed by atoms with E-state index in [2.05, 4.69) is 6.07 Å². The van der Waals surface area contributed by atoms with Crippen molar-refractivity contribution in [3.63, 3.8) is 0 Å². The molecule has 0 saturated carbocycles. The average Bonchev–Trinajstić information content (AvgIpc) is 2.81. The number of methoxy groups -OCH3 is 2. The smallest absolute Gasteiger partial charge is 0.343 e. The second-order valence-corrected chi connectivity index (χ2v) is 7.39. The Kier molecular flexibility index (Phi) is 5.96. The molecule has 2 N–H and O–H groups in total. The van der Waals surface area contributed by atoms with Crippen LogP contribution in [0.15, 0.2) is 69.2 Å². The van der Waals surface area contributed by atoms with Crippen molar-refractivity contribution in [2.24, 2.45) is 5.73 Å². The fraction of sp³-hybridized carbons (Fsp3) is 0.200. The first-order valence-electron chi connectivity index (χ1n) is 10.1. The lowest BCUT2D eigenvalue weighted by Gasteiger charge is -2.25. The van der Waals surface area contributed by atoms with Gasteiger partial charge in [-0.25, -0.2) is 4.79 Å². The van der Waals surface area contributed by atoms with Crippen molar-refractivity contribution in [1.82, 2.24) is 0 Å². The molecule has 33 heavy (non-hydrogen) atoms. The van der Waals surface area contributed by atoms with Gasteiger partial charge in [-0.2, -0.15) is 5.26 Å². The number of aryl methyl sites for hydroxylation is 1. The predicted molar refractivity (Wildman–Crippen MR) is 119 cm³/mol. The van der Waals surface area contributed by atoms with Gasteiger partial charge in [0.25, 0.3) is 0 Å². The van der Waals surface area contributed by atoms with Gasteiger partial charge in [-0.05, 0) is 36.8 Å². The van der Waals surface area contributed by atoms with Crippen molar-refractivity contribution in [3.05, 3.63) is 92.9 Å². The summed E-state index contributed by atoms with van der Waals surface area (Å²) in [6.07, 6.45) is 0. The molecule has 0 spiro atoms. The number of nitrogens with zero attached hydrogens (tertiary/aromatic N) is 1. The number of ether oxygens (including phenoxy) is 4. The quantitative estimate of drug-likeness (QED) is 0.608. The van der Waals surface area contributed by atoms with Crippen LogP contribution < -0.4 is 30.3 Å². The number of hydrogen-bond donors (Lipinski definition) is 1. The van der Waals surface area contributed by atoms with Crippen molar-refractivity contribution in [3.8, 4) is 29.1 Å². The molecule has 0 amide bonds. The molecule has 0 aliphatic carbocycles. The molecule has 0 bridgehead atoms. The van der Waals surface area contributed by atoms with E-state index in [4.69, 9.17) is 29.1 Å². The third-order valence-electron chi connectivity index (χ3n) is 5.33. The number of fused-ring (bicyclic) bond motifs is 1. The van der Waals surface area contributed by atoms with Crippen molar-refractivity contribution in [1.29, 1.82) is 5.26 Å². The van der Waals surface area contributed by atoms with Crippen LogP contribution >= 0.6 is 0 Å². The standard InChI is InChI=1S/C25H22N2O6/c1-14-9-21-23(25(28)32-14)22(19(12-26)24(27)33-21)15-7-8-20(30-3)16(10-15)13-31-18-6-4-5-17(11-18)29-2/h4-11,22H,13,27H2,1-3H3/t22-/m1/s1. The summed E-state index contributed by atoms with van der Waals surface area (Å²) in [5.41, 5.74) is 7.17. The lowest BCUT2D eigenvalue weighted by Crippen LogP contribution is -2.26. The van der Waals surface area contributed by atoms with E-state index in [1.807, 2.05) is 24.3 Å². The average molecular weight is 446 g/mol. The van der Waals surface area contributed by atoms with Crippen LogP contribution in [0, 0.1) is 18.3 Å². The Labute approximate surface area is 190 Å². The van der Waals surface area contributed by atoms with Crippen molar-refractivity contribution < 1.29 is 23.4 Å². The summed E-state index contributed by atoms with van der Waals surface area (Å²) in [5, 5.41) is 9.77. The van der Waals surface area contributed by atoms with Gasteiger partial charge in [0, 0.05) is 17.7 Å². The summed E-state index contributed by atoms with van der Waals surface area (Å²) in [6.45, 7) is 1.82. The second kappa shape index (κ2) is 9.01. The van der Waals surface area contributed by atoms with E-state index in [-0.39, 0.29) is 29.4 Å². The summed E-state index contributed by atoms with van der Waals surface area (Å²) in [4.78, 5) is 12.7. The Bertz CT molecular complexity index is 1340. The number of benzene rings is 2. The highest BCUT2D eigenvalue weighted by Gasteiger charge is 2.34. The summed E-state index contributed by atoms with van der Waals surface area (Å²) in [6, 6.07) is 16.3. The molecule has 8 heteroatoms. The van der Waals surface area contributed by atoms with E-state index in [9.17, 15) is 10.1 Å². The Balaban J connectivity index is 1.76. The van der Waals surface area contributed by atoms with Gasteiger partial charge in [0.05, 0.1) is 25.7 Å². The summed E-state index contributed by atoms with van der Waals surface area (Å²) < 4.78 is 27.5. The van der Waals surface area contributed by atoms with Crippen LogP contribution in [0.25, 0.3) is 0 Å². The van der Waals surface area contributed by atoms with E-state index in [1.165, 1.54) is 0 Å². The van der Waals surface area contributed by atoms with Crippen molar-refractivity contribution in [2.75, 3.05) is 14.2 Å². The van der Waals surface area contributed by atoms with Crippen LogP contribution in [0.4, 0.5) is 0 Å². The third-order valence-corrected chi connectivity index (χ3v) is 5.33. The highest BCUT2D eigenvalue weighted by atomic mass is 16.5. The molecule has 0 unspecified atom stereocenters. The molecule has 3 aromatic rings. The Morgan fingerprint density at radius 2 is 1.88 bits per heavy atom. The summed E-state index contributed by atoms with van der Waals surface area (Å²) >= 11 is 0. The topological polar surface area (TPSA) is 117 Å². The highest BCUT2D eigenvalue weighted by molar-refractivity contribution is 5.56. The van der Waals surface area contributed by atoms with Crippen LogP contribution in [0.2, 0.25) is 0 Å². The van der Waals surface area contributed by atoms with E-state index in [0.29, 0.717) is 28.6 Å². The molecule has 4 rings (SSSR count). The third kappa shape index (κ3) is 4.21. The minimum Gasteiger partial charge on any atom is -0.497 e. The van der Waals surface area contributed by atoms with Gasteiger partial charge in [-0.3, -0.25) is 0 Å². The molecule has 168 valence electrons. The van der Waals surface area contributed by atoms with Crippen molar-refractivity contribution >= 4 is 0 Å². The molecule has 0 fully saturated rings. The van der Waals surface area contributed by atoms with E-state index in [1.54, 1.807) is 45.4 Å². The molecular weight excluding hydrogens is 424 g/mol. The number of nitriles is 1. The Hall–Kier alpha value is -4.38. The molecule has 1 atom stereocenters. The van der Waals surface area contributed by atoms with Crippen molar-refractivity contribution in [2.45, 2.75) is 19.4 Å². The minimum absolute atomic E-state index is 0.0509. The number of nitrogens with two attached hydrogens (primary N) is 1. The van der Waals surface area contributed by atoms with Gasteiger partial charge in [0.1, 0.15) is 47.0 Å². The van der Waals surface area contributed by atoms with Crippen LogP contribution in [-0.4, -0.2) is 14.2 Å². The second-order valence-electron chi connectivity index (χ2n) is 7.39. The van der Waals surface area contributed by atoms with Gasteiger partial charge in [0.2, 0.25) is 5.88 Å². The summed E-state index contributed by atoms with van der Waals surface area (Å²) in [7, 11) is 3.14. The predicted octanol–water partition coefficient (Wildman–Crippen LogP) is 3.76. The van der Waals surface area contributed by atoms with E-state index >= 15 is 0 Å². The molecule has 2 heterocycles. The molecule has 1 aliphatic heterocycles. The minimum atomic E-state index is -0.753. The van der Waals surface area contributed by atoms with E-state index in [0.717, 1.165) is 5.56 Å². The Morgan fingerprint density at radius 3 is 2.61 bits per heavy atom. The molecule has 0 radical (unpaired) electrons. The zero-order valence-electron chi connectivity index (χ0n) is 18.4. The number of hydrogen-bond acceptors (Lipinski definition) is 8. The van der Waals surface area contributed by atoms with Gasteiger partial charge < -0.3 is 29.1 Å². The molecule has 1 aliphatic rings. The number of rotatable bonds is 6. The fourth-order valence-electron chi connectivity index (χ4n) is 3.79. The first-order valence-corrected chi connectivity index (χ1v) is 10.1. The molecule has 8 nitrogen and oxygen atoms in total. The fourth-order valence-corrected chi connectivity index (χ4v) is 3.79. The van der Waals surface area contributed by atoms with Gasteiger partial charge in [-0.15, -0.1) is 0 Å². The molecule has 2 aromatic carbocycles. The van der Waals surface area contributed by atoms with Crippen LogP contribution in [0.1, 0.15) is 28.4 Å². The number of allylic oxidation sites excluding steroid dienone is 1. The largest absolute Gasteiger partial charge is 0.497 e. The summed E-state index contributed by atoms with van der Waals surface area (Å²) in [5.74, 6) is 1.75. The molecular formula is C25H22N2O6. The SMILES string of the molecule is COc1cccc(OCc2cc([C@@H]3C(C#N)=C(N)Oc4cc(C)oc(=O)c43)ccc2OC)c1. The zero-order valence-corrected chi connectivity index (χ0v) is 18.4. The first-order chi connectivity index (χ1) is 15.9.